The molecule has 0 radical (unpaired) electrons. The summed E-state index contributed by atoms with van der Waals surface area (Å²) in [6.07, 6.45) is 3.32. The zero-order valence-corrected chi connectivity index (χ0v) is 11.1. The number of aliphatic hydroxyl groups is 1. The van der Waals surface area contributed by atoms with Crippen molar-refractivity contribution in [3.05, 3.63) is 16.4 Å². The average Bonchev–Trinajstić information content (AvgIpc) is 2.56. The Labute approximate surface area is 102 Å². The number of rotatable bonds is 6. The van der Waals surface area contributed by atoms with Crippen LogP contribution in [0.4, 0.5) is 0 Å². The molecule has 1 aromatic heterocycles. The smallest absolute Gasteiger partial charge is 0.0847 e. The summed E-state index contributed by atoms with van der Waals surface area (Å²) in [6, 6.07) is 0. The molecule has 1 aromatic rings. The molecule has 16 heavy (non-hydrogen) atoms. The van der Waals surface area contributed by atoms with Crippen molar-refractivity contribution in [3.8, 4) is 0 Å². The molecular weight excluding hydrogens is 224 g/mol. The molecule has 0 aliphatic carbocycles. The highest BCUT2D eigenvalue weighted by atomic mass is 35.5. The van der Waals surface area contributed by atoms with Crippen LogP contribution in [-0.2, 0) is 13.0 Å². The van der Waals surface area contributed by atoms with Crippen LogP contribution in [0.25, 0.3) is 0 Å². The molecule has 1 N–H and O–H groups in total. The maximum absolute atomic E-state index is 9.48. The maximum atomic E-state index is 9.48. The van der Waals surface area contributed by atoms with E-state index in [9.17, 15) is 5.11 Å². The summed E-state index contributed by atoms with van der Waals surface area (Å²) in [5.74, 6) is 0. The van der Waals surface area contributed by atoms with Gasteiger partial charge in [0.05, 0.1) is 22.5 Å². The molecule has 0 aliphatic rings. The molecule has 1 heterocycles. The normalized spacial score (nSPS) is 13.1. The topological polar surface area (TPSA) is 38.1 Å². The lowest BCUT2D eigenvalue weighted by molar-refractivity contribution is 0.157. The van der Waals surface area contributed by atoms with Gasteiger partial charge in [0, 0.05) is 6.54 Å². The highest BCUT2D eigenvalue weighted by Gasteiger charge is 2.12. The summed E-state index contributed by atoms with van der Waals surface area (Å²) in [4.78, 5) is 0. The summed E-state index contributed by atoms with van der Waals surface area (Å²) in [6.45, 7) is 6.84. The summed E-state index contributed by atoms with van der Waals surface area (Å²) in [5, 5.41) is 14.6. The van der Waals surface area contributed by atoms with Crippen LogP contribution in [0.1, 0.15) is 44.5 Å². The predicted octanol–water partition coefficient (Wildman–Crippen LogP) is 2.96. The fourth-order valence-electron chi connectivity index (χ4n) is 1.82. The molecule has 1 rings (SSSR count). The van der Waals surface area contributed by atoms with Gasteiger partial charge in [-0.25, -0.2) is 0 Å². The lowest BCUT2D eigenvalue weighted by Crippen LogP contribution is -2.07. The third kappa shape index (κ3) is 3.22. The molecule has 0 saturated carbocycles. The van der Waals surface area contributed by atoms with Crippen LogP contribution in [0.15, 0.2) is 0 Å². The van der Waals surface area contributed by atoms with Crippen LogP contribution in [0, 0.1) is 6.92 Å². The molecule has 0 amide bonds. The fraction of sp³-hybridized carbons (Fsp3) is 0.750. The van der Waals surface area contributed by atoms with Gasteiger partial charge < -0.3 is 5.11 Å². The highest BCUT2D eigenvalue weighted by Crippen LogP contribution is 2.22. The molecular formula is C12H21ClN2O. The van der Waals surface area contributed by atoms with Crippen LogP contribution in [-0.4, -0.2) is 21.0 Å². The van der Waals surface area contributed by atoms with E-state index in [4.69, 9.17) is 11.6 Å². The number of hydrogen-bond donors (Lipinski definition) is 1. The Balaban J connectivity index is 2.59. The number of hydrogen-bond acceptors (Lipinski definition) is 2. The van der Waals surface area contributed by atoms with E-state index in [1.807, 2.05) is 18.5 Å². The molecule has 1 atom stereocenters. The van der Waals surface area contributed by atoms with Crippen molar-refractivity contribution < 1.29 is 5.11 Å². The minimum atomic E-state index is -0.183. The van der Waals surface area contributed by atoms with E-state index < -0.39 is 0 Å². The minimum absolute atomic E-state index is 0.183. The third-order valence-electron chi connectivity index (χ3n) is 2.88. The molecule has 0 bridgehead atoms. The summed E-state index contributed by atoms with van der Waals surface area (Å²) >= 11 is 6.20. The lowest BCUT2D eigenvalue weighted by atomic mass is 10.1. The van der Waals surface area contributed by atoms with Crippen molar-refractivity contribution in [2.75, 3.05) is 0 Å². The number of aliphatic hydroxyl groups excluding tert-OH is 1. The molecule has 1 unspecified atom stereocenters. The van der Waals surface area contributed by atoms with Crippen molar-refractivity contribution in [1.82, 2.24) is 9.78 Å². The Morgan fingerprint density at radius 1 is 1.44 bits per heavy atom. The SMILES string of the molecule is CCC(O)CCCc1c(Cl)c(C)nn1CC. The first-order valence-electron chi connectivity index (χ1n) is 5.99. The summed E-state index contributed by atoms with van der Waals surface area (Å²) in [5.41, 5.74) is 2.00. The van der Waals surface area contributed by atoms with Crippen molar-refractivity contribution in [3.63, 3.8) is 0 Å². The van der Waals surface area contributed by atoms with Crippen LogP contribution < -0.4 is 0 Å². The number of nitrogens with zero attached hydrogens (tertiary/aromatic N) is 2. The van der Waals surface area contributed by atoms with E-state index in [2.05, 4.69) is 12.0 Å². The maximum Gasteiger partial charge on any atom is 0.0847 e. The van der Waals surface area contributed by atoms with Crippen molar-refractivity contribution in [2.24, 2.45) is 0 Å². The third-order valence-corrected chi connectivity index (χ3v) is 3.37. The van der Waals surface area contributed by atoms with E-state index in [-0.39, 0.29) is 6.10 Å². The summed E-state index contributed by atoms with van der Waals surface area (Å²) in [7, 11) is 0. The second-order valence-corrected chi connectivity index (χ2v) is 4.49. The largest absolute Gasteiger partial charge is 0.393 e. The van der Waals surface area contributed by atoms with E-state index in [1.165, 1.54) is 0 Å². The lowest BCUT2D eigenvalue weighted by Gasteiger charge is -2.08. The van der Waals surface area contributed by atoms with E-state index >= 15 is 0 Å². The number of aromatic nitrogens is 2. The summed E-state index contributed by atoms with van der Waals surface area (Å²) < 4.78 is 1.95. The average molecular weight is 245 g/mol. The van der Waals surface area contributed by atoms with Crippen LogP contribution in [0.5, 0.6) is 0 Å². The van der Waals surface area contributed by atoms with Gasteiger partial charge in [-0.2, -0.15) is 5.10 Å². The number of aryl methyl sites for hydroxylation is 2. The molecule has 0 spiro atoms. The Hall–Kier alpha value is -0.540. The zero-order chi connectivity index (χ0) is 12.1. The van der Waals surface area contributed by atoms with E-state index in [0.717, 1.165) is 48.6 Å². The monoisotopic (exact) mass is 244 g/mol. The highest BCUT2D eigenvalue weighted by molar-refractivity contribution is 6.31. The molecule has 92 valence electrons. The Morgan fingerprint density at radius 2 is 2.12 bits per heavy atom. The minimum Gasteiger partial charge on any atom is -0.393 e. The van der Waals surface area contributed by atoms with E-state index in [0.29, 0.717) is 0 Å². The Bertz CT molecular complexity index is 336. The van der Waals surface area contributed by atoms with Gasteiger partial charge in [0.25, 0.3) is 0 Å². The van der Waals surface area contributed by atoms with Crippen LogP contribution >= 0.6 is 11.6 Å². The first-order chi connectivity index (χ1) is 7.60. The van der Waals surface area contributed by atoms with Gasteiger partial charge in [-0.05, 0) is 39.5 Å². The molecule has 0 saturated heterocycles. The molecule has 0 aliphatic heterocycles. The molecule has 0 fully saturated rings. The second-order valence-electron chi connectivity index (χ2n) is 4.12. The van der Waals surface area contributed by atoms with Crippen LogP contribution in [0.2, 0.25) is 5.02 Å². The van der Waals surface area contributed by atoms with Crippen molar-refractivity contribution >= 4 is 11.6 Å². The fourth-order valence-corrected chi connectivity index (χ4v) is 2.05. The van der Waals surface area contributed by atoms with Gasteiger partial charge in [-0.15, -0.1) is 0 Å². The predicted molar refractivity (Wildman–Crippen MR) is 66.9 cm³/mol. The van der Waals surface area contributed by atoms with Gasteiger partial charge in [0.2, 0.25) is 0 Å². The quantitative estimate of drug-likeness (QED) is 0.836. The second kappa shape index (κ2) is 6.26. The van der Waals surface area contributed by atoms with E-state index in [1.54, 1.807) is 0 Å². The van der Waals surface area contributed by atoms with Gasteiger partial charge >= 0.3 is 0 Å². The van der Waals surface area contributed by atoms with Crippen molar-refractivity contribution in [1.29, 1.82) is 0 Å². The van der Waals surface area contributed by atoms with Gasteiger partial charge in [0.15, 0.2) is 0 Å². The van der Waals surface area contributed by atoms with Crippen molar-refractivity contribution in [2.45, 2.75) is 59.1 Å². The van der Waals surface area contributed by atoms with Gasteiger partial charge in [0.1, 0.15) is 0 Å². The molecule has 4 heteroatoms. The Kier molecular flexibility index (Phi) is 5.29. The van der Waals surface area contributed by atoms with Gasteiger partial charge in [-0.1, -0.05) is 18.5 Å². The standard InChI is InChI=1S/C12H21ClN2O/c1-4-10(16)7-6-8-11-12(13)9(3)14-15(11)5-2/h10,16H,4-8H2,1-3H3. The first kappa shape index (κ1) is 13.5. The molecule has 3 nitrogen and oxygen atoms in total. The van der Waals surface area contributed by atoms with Crippen LogP contribution in [0.3, 0.4) is 0 Å². The Morgan fingerprint density at radius 3 is 2.69 bits per heavy atom. The van der Waals surface area contributed by atoms with Gasteiger partial charge in [-0.3, -0.25) is 4.68 Å². The first-order valence-corrected chi connectivity index (χ1v) is 6.37. The zero-order valence-electron chi connectivity index (χ0n) is 10.3. The number of halogens is 1. The molecule has 0 aromatic carbocycles.